The van der Waals surface area contributed by atoms with Gasteiger partial charge in [0.05, 0.1) is 44.5 Å². The molecule has 0 amide bonds. The molecule has 206 valence electrons. The molecule has 2 aliphatic heterocycles. The van der Waals surface area contributed by atoms with Crippen LogP contribution in [-0.2, 0) is 19.5 Å². The average Bonchev–Trinajstić information content (AvgIpc) is 2.90. The van der Waals surface area contributed by atoms with Crippen LogP contribution in [0.4, 0.5) is 5.69 Å². The van der Waals surface area contributed by atoms with Crippen LogP contribution in [0.1, 0.15) is 12.8 Å². The van der Waals surface area contributed by atoms with Crippen molar-refractivity contribution in [1.82, 2.24) is 19.4 Å². The second-order valence-electron chi connectivity index (χ2n) is 8.64. The van der Waals surface area contributed by atoms with E-state index >= 15 is 0 Å². The van der Waals surface area contributed by atoms with E-state index in [1.807, 2.05) is 7.05 Å². The maximum Gasteiger partial charge on any atom is 0.273 e. The van der Waals surface area contributed by atoms with Gasteiger partial charge in [-0.25, -0.2) is 12.7 Å². The zero-order chi connectivity index (χ0) is 26.4. The molecule has 2 saturated heterocycles. The summed E-state index contributed by atoms with van der Waals surface area (Å²) in [5, 5.41) is 14.0. The number of hydrogen-bond donors (Lipinski definition) is 1. The summed E-state index contributed by atoms with van der Waals surface area (Å²) in [6.07, 6.45) is 1.93. The summed E-state index contributed by atoms with van der Waals surface area (Å²) in [7, 11) is 0.998. The van der Waals surface area contributed by atoms with Gasteiger partial charge in [-0.2, -0.15) is 0 Å². The standard InChI is InChI=1S/C15H23N3O6S.C8H18N2O/c1-16(6-3-7-17-8-10-24-11-9-17)25(21,22)15-5-4-13(18(19)20)12-14(15)23-2;1-9-3-2-4-10-5-7-11-8-6-10/h4-5,12H,3,6-11H2,1-2H3;9H,2-8H2,1H3. The molecule has 0 atom stereocenters. The Labute approximate surface area is 214 Å². The molecule has 1 aromatic rings. The summed E-state index contributed by atoms with van der Waals surface area (Å²) in [6.45, 7) is 10.6. The minimum Gasteiger partial charge on any atom is -0.495 e. The van der Waals surface area contributed by atoms with Gasteiger partial charge in [-0.3, -0.25) is 19.9 Å². The van der Waals surface area contributed by atoms with Crippen LogP contribution in [0, 0.1) is 10.1 Å². The van der Waals surface area contributed by atoms with Crippen molar-refractivity contribution < 1.29 is 27.6 Å². The van der Waals surface area contributed by atoms with Crippen molar-refractivity contribution in [2.24, 2.45) is 0 Å². The molecule has 1 aromatic carbocycles. The van der Waals surface area contributed by atoms with E-state index in [4.69, 9.17) is 14.2 Å². The number of methoxy groups -OCH3 is 1. The Hall–Kier alpha value is -1.87. The molecule has 0 saturated carbocycles. The van der Waals surface area contributed by atoms with Crippen molar-refractivity contribution in [3.63, 3.8) is 0 Å². The van der Waals surface area contributed by atoms with Crippen molar-refractivity contribution in [2.75, 3.05) is 100.0 Å². The van der Waals surface area contributed by atoms with Crippen molar-refractivity contribution >= 4 is 15.7 Å². The first kappa shape index (κ1) is 30.4. The molecule has 0 unspecified atom stereocenters. The van der Waals surface area contributed by atoms with E-state index in [0.29, 0.717) is 26.2 Å². The van der Waals surface area contributed by atoms with Gasteiger partial charge >= 0.3 is 0 Å². The third-order valence-corrected chi connectivity index (χ3v) is 8.00. The smallest absolute Gasteiger partial charge is 0.273 e. The summed E-state index contributed by atoms with van der Waals surface area (Å²) in [5.41, 5.74) is -0.217. The van der Waals surface area contributed by atoms with Crippen molar-refractivity contribution in [3.8, 4) is 5.75 Å². The number of non-ortho nitro benzene ring substituents is 1. The van der Waals surface area contributed by atoms with Crippen molar-refractivity contribution in [1.29, 1.82) is 0 Å². The predicted molar refractivity (Wildman–Crippen MR) is 137 cm³/mol. The number of morpholine rings is 2. The fraction of sp³-hybridized carbons (Fsp3) is 0.739. The van der Waals surface area contributed by atoms with Gasteiger partial charge in [-0.05, 0) is 45.6 Å². The van der Waals surface area contributed by atoms with E-state index in [1.165, 1.54) is 37.5 Å². The Morgan fingerprint density at radius 3 is 2.11 bits per heavy atom. The van der Waals surface area contributed by atoms with E-state index < -0.39 is 14.9 Å². The maximum absolute atomic E-state index is 12.7. The molecule has 0 bridgehead atoms. The van der Waals surface area contributed by atoms with Crippen molar-refractivity contribution in [3.05, 3.63) is 28.3 Å². The first-order valence-corrected chi connectivity index (χ1v) is 13.8. The fourth-order valence-corrected chi connectivity index (χ4v) is 5.26. The number of rotatable bonds is 12. The van der Waals surface area contributed by atoms with Gasteiger partial charge in [-0.15, -0.1) is 0 Å². The van der Waals surface area contributed by atoms with Gasteiger partial charge in [0.15, 0.2) is 0 Å². The van der Waals surface area contributed by atoms with Gasteiger partial charge in [0.2, 0.25) is 10.0 Å². The molecule has 12 nitrogen and oxygen atoms in total. The minimum atomic E-state index is -3.78. The molecule has 2 fully saturated rings. The minimum absolute atomic E-state index is 0.0331. The summed E-state index contributed by atoms with van der Waals surface area (Å²) in [5.74, 6) is -0.0331. The number of hydrogen-bond acceptors (Lipinski definition) is 10. The first-order valence-electron chi connectivity index (χ1n) is 12.3. The highest BCUT2D eigenvalue weighted by Crippen LogP contribution is 2.30. The van der Waals surface area contributed by atoms with Crippen LogP contribution in [0.2, 0.25) is 0 Å². The second kappa shape index (κ2) is 16.1. The third kappa shape index (κ3) is 9.88. The van der Waals surface area contributed by atoms with E-state index in [-0.39, 0.29) is 16.3 Å². The van der Waals surface area contributed by atoms with Gasteiger partial charge in [0.25, 0.3) is 5.69 Å². The number of nitrogens with zero attached hydrogens (tertiary/aromatic N) is 4. The normalized spacial score (nSPS) is 17.4. The molecule has 2 aliphatic rings. The SMILES string of the molecule is CNCCCN1CCOCC1.COc1cc([N+](=O)[O-])ccc1S(=O)(=O)N(C)CCCN1CCOCC1. The second-order valence-corrected chi connectivity index (χ2v) is 10.7. The summed E-state index contributed by atoms with van der Waals surface area (Å²) in [4.78, 5) is 14.9. The molecule has 0 spiro atoms. The van der Waals surface area contributed by atoms with E-state index in [0.717, 1.165) is 64.6 Å². The number of benzene rings is 1. The Kier molecular flexibility index (Phi) is 13.6. The van der Waals surface area contributed by atoms with Crippen LogP contribution >= 0.6 is 0 Å². The van der Waals surface area contributed by atoms with E-state index in [9.17, 15) is 18.5 Å². The zero-order valence-corrected chi connectivity index (χ0v) is 22.5. The lowest BCUT2D eigenvalue weighted by Crippen LogP contribution is -2.38. The molecule has 1 N–H and O–H groups in total. The van der Waals surface area contributed by atoms with Gasteiger partial charge < -0.3 is 19.5 Å². The highest BCUT2D eigenvalue weighted by atomic mass is 32.2. The predicted octanol–water partition coefficient (Wildman–Crippen LogP) is 0.874. The summed E-state index contributed by atoms with van der Waals surface area (Å²) in [6, 6.07) is 3.50. The number of sulfonamides is 1. The molecule has 3 rings (SSSR count). The summed E-state index contributed by atoms with van der Waals surface area (Å²) >= 11 is 0. The van der Waals surface area contributed by atoms with Crippen LogP contribution in [0.3, 0.4) is 0 Å². The van der Waals surface area contributed by atoms with E-state index in [2.05, 4.69) is 15.1 Å². The third-order valence-electron chi connectivity index (χ3n) is 6.10. The molecular formula is C23H41N5O7S. The van der Waals surface area contributed by atoms with Gasteiger partial charge in [-0.1, -0.05) is 0 Å². The Balaban J connectivity index is 0.000000346. The zero-order valence-electron chi connectivity index (χ0n) is 21.7. The van der Waals surface area contributed by atoms with E-state index in [1.54, 1.807) is 0 Å². The Morgan fingerprint density at radius 2 is 1.61 bits per heavy atom. The number of nitro benzene ring substituents is 1. The van der Waals surface area contributed by atoms with Crippen molar-refractivity contribution in [2.45, 2.75) is 17.7 Å². The Bertz CT molecular complexity index is 891. The molecular weight excluding hydrogens is 490 g/mol. The molecule has 0 radical (unpaired) electrons. The number of nitro groups is 1. The summed E-state index contributed by atoms with van der Waals surface area (Å²) < 4.78 is 42.3. The van der Waals surface area contributed by atoms with Crippen LogP contribution in [0.5, 0.6) is 5.75 Å². The highest BCUT2D eigenvalue weighted by molar-refractivity contribution is 7.89. The fourth-order valence-electron chi connectivity index (χ4n) is 3.92. The lowest BCUT2D eigenvalue weighted by molar-refractivity contribution is -0.385. The lowest BCUT2D eigenvalue weighted by Gasteiger charge is -2.27. The average molecular weight is 532 g/mol. The quantitative estimate of drug-likeness (QED) is 0.236. The molecule has 36 heavy (non-hydrogen) atoms. The molecule has 2 heterocycles. The maximum atomic E-state index is 12.7. The lowest BCUT2D eigenvalue weighted by atomic mass is 10.3. The monoisotopic (exact) mass is 531 g/mol. The number of nitrogens with one attached hydrogen (secondary N) is 1. The molecule has 0 aliphatic carbocycles. The van der Waals surface area contributed by atoms with Crippen LogP contribution in [0.15, 0.2) is 23.1 Å². The van der Waals surface area contributed by atoms with Crippen LogP contribution in [0.25, 0.3) is 0 Å². The van der Waals surface area contributed by atoms with Crippen LogP contribution < -0.4 is 10.1 Å². The highest BCUT2D eigenvalue weighted by Gasteiger charge is 2.26. The molecule has 0 aromatic heterocycles. The van der Waals surface area contributed by atoms with Gasteiger partial charge in [0.1, 0.15) is 10.6 Å². The number of ether oxygens (including phenoxy) is 3. The Morgan fingerprint density at radius 1 is 1.06 bits per heavy atom. The topological polar surface area (TPSA) is 127 Å². The largest absolute Gasteiger partial charge is 0.495 e. The van der Waals surface area contributed by atoms with Crippen LogP contribution in [-0.4, -0.2) is 127 Å². The van der Waals surface area contributed by atoms with Gasteiger partial charge in [0, 0.05) is 45.8 Å². The first-order chi connectivity index (χ1) is 17.3. The molecule has 13 heteroatoms.